The van der Waals surface area contributed by atoms with E-state index in [4.69, 9.17) is 16.2 Å². The lowest BCUT2D eigenvalue weighted by atomic mass is 9.75. The number of nitrogens with zero attached hydrogens (tertiary/aromatic N) is 3. The summed E-state index contributed by atoms with van der Waals surface area (Å²) >= 11 is 0. The van der Waals surface area contributed by atoms with E-state index in [1.54, 1.807) is 19.9 Å². The number of nitrogens with two attached hydrogens (primary N) is 2. The Hall–Kier alpha value is -6.09. The van der Waals surface area contributed by atoms with Crippen LogP contribution in [0.2, 0.25) is 0 Å². The Bertz CT molecular complexity index is 2660. The maximum Gasteiger partial charge on any atom is 0.264 e. The lowest BCUT2D eigenvalue weighted by Crippen LogP contribution is -2.67. The number of carbonyl (C=O) groups excluding carboxylic acids is 6. The number of sulfonamides is 1. The van der Waals surface area contributed by atoms with E-state index >= 15 is 4.39 Å². The Labute approximate surface area is 434 Å². The van der Waals surface area contributed by atoms with Gasteiger partial charge in [0.1, 0.15) is 46.9 Å². The third-order valence-electron chi connectivity index (χ3n) is 15.2. The van der Waals surface area contributed by atoms with Crippen LogP contribution in [0.5, 0.6) is 5.75 Å². The molecule has 1 aliphatic carbocycles. The fourth-order valence-corrected chi connectivity index (χ4v) is 12.4. The van der Waals surface area contributed by atoms with Crippen LogP contribution < -0.4 is 42.2 Å². The van der Waals surface area contributed by atoms with Crippen LogP contribution in [0, 0.1) is 26.6 Å². The summed E-state index contributed by atoms with van der Waals surface area (Å²) in [6.45, 7) is 9.96. The standard InChI is InChI=1S/C53H75FN10O9S/c1-32-33(2)44(34(3)36-31-52(4,5)73-43(32)36)74(71,72)62-51(56)58-27-14-21-39-48(68)63-28-15-22-41(63)46(66)57-26-13-9-7-6-8-10-20-38(55)45(65)59-40(30-35-18-11-12-19-37(35)54)49(69)64-29-16-23-42(64)47(67)61-53(24-17-25-53)50(70)60-39/h6-7,11-12,18-19,38-42H,8-10,13-17,20-31,55H2,1-5H3,(H,57,66)(H,59,65)(H,60,70)(H,61,67)(H3,56,58,62)/b7-6+/t38-,39-,40-,41-,42-/m0/s1. The number of aliphatic imine (C=N–C) groups is 1. The zero-order valence-corrected chi connectivity index (χ0v) is 44.3. The number of guanidine groups is 1. The molecule has 6 amide bonds. The van der Waals surface area contributed by atoms with E-state index in [2.05, 4.69) is 31.0 Å². The molecule has 19 nitrogen and oxygen atoms in total. The van der Waals surface area contributed by atoms with Gasteiger partial charge in [-0.15, -0.1) is 0 Å². The maximum atomic E-state index is 15.0. The summed E-state index contributed by atoms with van der Waals surface area (Å²) in [7, 11) is -4.20. The van der Waals surface area contributed by atoms with Crippen molar-refractivity contribution in [3.05, 3.63) is 70.1 Å². The molecule has 1 spiro atoms. The zero-order valence-electron chi connectivity index (χ0n) is 43.4. The number of allylic oxidation sites excluding steroid dienone is 2. The van der Waals surface area contributed by atoms with Crippen molar-refractivity contribution in [1.29, 1.82) is 0 Å². The molecule has 74 heavy (non-hydrogen) atoms. The van der Waals surface area contributed by atoms with Crippen LogP contribution in [0.1, 0.15) is 132 Å². The second-order valence-corrected chi connectivity index (χ2v) is 22.8. The topological polar surface area (TPSA) is 277 Å². The third-order valence-corrected chi connectivity index (χ3v) is 16.9. The molecule has 0 bridgehead atoms. The number of hydrogen-bond acceptors (Lipinski definition) is 11. The Morgan fingerprint density at radius 2 is 1.47 bits per heavy atom. The summed E-state index contributed by atoms with van der Waals surface area (Å²) in [5.74, 6) is -3.39. The molecule has 0 aromatic heterocycles. The van der Waals surface area contributed by atoms with Gasteiger partial charge in [0.25, 0.3) is 10.0 Å². The van der Waals surface area contributed by atoms with Gasteiger partial charge in [-0.05, 0) is 153 Å². The molecule has 0 unspecified atom stereocenters. The quantitative estimate of drug-likeness (QED) is 0.0874. The lowest BCUT2D eigenvalue weighted by molar-refractivity contribution is -0.146. The van der Waals surface area contributed by atoms with E-state index in [9.17, 15) is 37.2 Å². The molecule has 21 heteroatoms. The fraction of sp³-hybridized carbons (Fsp3) is 0.604. The van der Waals surface area contributed by atoms with Gasteiger partial charge in [0.15, 0.2) is 0 Å². The Morgan fingerprint density at radius 3 is 2.14 bits per heavy atom. The number of amides is 6. The van der Waals surface area contributed by atoms with Crippen LogP contribution in [-0.4, -0.2) is 127 Å². The summed E-state index contributed by atoms with van der Waals surface area (Å²) in [5.41, 5.74) is 13.4. The van der Waals surface area contributed by atoms with Gasteiger partial charge in [-0.25, -0.2) is 17.5 Å². The van der Waals surface area contributed by atoms with Gasteiger partial charge in [-0.3, -0.25) is 33.8 Å². The van der Waals surface area contributed by atoms with Crippen LogP contribution >= 0.6 is 0 Å². The highest BCUT2D eigenvalue weighted by molar-refractivity contribution is 7.90. The van der Waals surface area contributed by atoms with Crippen molar-refractivity contribution in [3.8, 4) is 5.75 Å². The summed E-state index contributed by atoms with van der Waals surface area (Å²) < 4.78 is 51.4. The van der Waals surface area contributed by atoms with E-state index in [0.717, 1.165) is 11.1 Å². The van der Waals surface area contributed by atoms with E-state index in [1.165, 1.54) is 28.0 Å². The van der Waals surface area contributed by atoms with Crippen LogP contribution in [0.4, 0.5) is 4.39 Å². The highest BCUT2D eigenvalue weighted by Gasteiger charge is 2.50. The maximum absolute atomic E-state index is 15.0. The SMILES string of the molecule is Cc1c(C)c(S(=O)(=O)NC(N)=NCCC[C@@H]2NC(=O)C3(CCC3)NC(=O)[C@@H]3CCCN3C(=O)[C@H](Cc3ccccc3F)NC(=O)[C@@H](N)CCC/C=C/CCCNC(=O)[C@@H]3CCCN3C2=O)c(C)c2c1OC(C)(C)C2. The molecule has 3 fully saturated rings. The number of halogens is 1. The van der Waals surface area contributed by atoms with Gasteiger partial charge in [-0.1, -0.05) is 30.4 Å². The minimum atomic E-state index is -4.20. The van der Waals surface area contributed by atoms with E-state index in [1.807, 2.05) is 32.9 Å². The van der Waals surface area contributed by atoms with Gasteiger partial charge in [-0.2, -0.15) is 0 Å². The van der Waals surface area contributed by atoms with Crippen LogP contribution in [0.3, 0.4) is 0 Å². The minimum absolute atomic E-state index is 0.0248. The van der Waals surface area contributed by atoms with E-state index in [0.29, 0.717) is 87.6 Å². The predicted octanol–water partition coefficient (Wildman–Crippen LogP) is 3.03. The largest absolute Gasteiger partial charge is 0.487 e. The van der Waals surface area contributed by atoms with E-state index in [-0.39, 0.29) is 80.5 Å². The summed E-state index contributed by atoms with van der Waals surface area (Å²) in [5, 5.41) is 11.6. The van der Waals surface area contributed by atoms with Crippen molar-refractivity contribution < 1.29 is 46.3 Å². The second kappa shape index (κ2) is 23.6. The molecule has 1 saturated carbocycles. The summed E-state index contributed by atoms with van der Waals surface area (Å²) in [6.07, 6.45) is 10.1. The van der Waals surface area contributed by atoms with Gasteiger partial charge >= 0.3 is 0 Å². The Balaban J connectivity index is 1.10. The van der Waals surface area contributed by atoms with Crippen LogP contribution in [0.15, 0.2) is 46.3 Å². The molecule has 5 atom stereocenters. The molecule has 4 heterocycles. The van der Waals surface area contributed by atoms with Gasteiger partial charge < -0.3 is 47.3 Å². The predicted molar refractivity (Wildman–Crippen MR) is 276 cm³/mol. The normalized spacial score (nSPS) is 25.9. The molecule has 4 aliphatic heterocycles. The van der Waals surface area contributed by atoms with Crippen molar-refractivity contribution in [2.75, 3.05) is 26.2 Å². The minimum Gasteiger partial charge on any atom is -0.487 e. The van der Waals surface area contributed by atoms with Crippen LogP contribution in [-0.2, 0) is 51.6 Å². The van der Waals surface area contributed by atoms with Crippen molar-refractivity contribution in [3.63, 3.8) is 0 Å². The first-order valence-corrected chi connectivity index (χ1v) is 27.7. The molecule has 2 saturated heterocycles. The van der Waals surface area contributed by atoms with Gasteiger partial charge in [0.2, 0.25) is 41.4 Å². The lowest BCUT2D eigenvalue weighted by Gasteiger charge is -2.43. The Kier molecular flexibility index (Phi) is 17.8. The molecule has 2 aromatic carbocycles. The van der Waals surface area contributed by atoms with Crippen molar-refractivity contribution in [1.82, 2.24) is 35.8 Å². The smallest absolute Gasteiger partial charge is 0.264 e. The highest BCUT2D eigenvalue weighted by atomic mass is 32.2. The second-order valence-electron chi connectivity index (χ2n) is 21.2. The number of fused-ring (bicyclic) bond motifs is 3. The van der Waals surface area contributed by atoms with Crippen molar-refractivity contribution >= 4 is 51.4 Å². The van der Waals surface area contributed by atoms with Crippen molar-refractivity contribution in [2.24, 2.45) is 16.5 Å². The average Bonchev–Trinajstić information content (AvgIpc) is 4.11. The molecule has 7 rings (SSSR count). The molecular weight excluding hydrogens is 972 g/mol. The Morgan fingerprint density at radius 1 is 0.824 bits per heavy atom. The number of benzene rings is 2. The zero-order chi connectivity index (χ0) is 53.5. The number of rotatable bonds is 8. The van der Waals surface area contributed by atoms with E-state index < -0.39 is 86.7 Å². The third kappa shape index (κ3) is 12.7. The average molecular weight is 1050 g/mol. The highest BCUT2D eigenvalue weighted by Crippen LogP contribution is 2.44. The number of nitrogens with one attached hydrogen (secondary N) is 5. The number of carbonyl (C=O) groups is 6. The summed E-state index contributed by atoms with van der Waals surface area (Å²) in [4.78, 5) is 92.4. The molecule has 404 valence electrons. The van der Waals surface area contributed by atoms with Crippen molar-refractivity contribution in [2.45, 2.75) is 184 Å². The molecule has 0 radical (unpaired) electrons. The molecule has 2 aromatic rings. The van der Waals surface area contributed by atoms with Crippen LogP contribution in [0.25, 0.3) is 0 Å². The first-order chi connectivity index (χ1) is 35.1. The fourth-order valence-electron chi connectivity index (χ4n) is 10.9. The number of ether oxygens (including phenoxy) is 1. The monoisotopic (exact) mass is 1050 g/mol. The molecule has 9 N–H and O–H groups in total. The first kappa shape index (κ1) is 55.7. The summed E-state index contributed by atoms with van der Waals surface area (Å²) in [6, 6.07) is 0.781. The first-order valence-electron chi connectivity index (χ1n) is 26.2. The molecular formula is C53H75FN10O9S. The number of hydrogen-bond donors (Lipinski definition) is 7. The van der Waals surface area contributed by atoms with Gasteiger partial charge in [0.05, 0.1) is 10.9 Å². The molecule has 5 aliphatic rings. The van der Waals surface area contributed by atoms with Gasteiger partial charge in [0, 0.05) is 44.6 Å².